The topological polar surface area (TPSA) is 80.9 Å². The maximum absolute atomic E-state index is 13.0. The number of nitrogens with zero attached hydrogens (tertiary/aromatic N) is 6. The van der Waals surface area contributed by atoms with E-state index < -0.39 is 0 Å². The zero-order chi connectivity index (χ0) is 19.8. The second-order valence-electron chi connectivity index (χ2n) is 7.91. The van der Waals surface area contributed by atoms with E-state index in [-0.39, 0.29) is 18.3 Å². The summed E-state index contributed by atoms with van der Waals surface area (Å²) in [6, 6.07) is 8.05. The molecule has 3 aromatic rings. The number of amides is 1. The number of halogens is 1. The number of carbonyl (C=O) groups excluding carboxylic acids is 1. The summed E-state index contributed by atoms with van der Waals surface area (Å²) in [6.45, 7) is 6.69. The normalized spacial score (nSPS) is 17.0. The average molecular weight is 430 g/mol. The third-order valence-electron chi connectivity index (χ3n) is 6.21. The lowest BCUT2D eigenvalue weighted by Gasteiger charge is -2.32. The highest BCUT2D eigenvalue weighted by Crippen LogP contribution is 2.28. The molecule has 1 aromatic carbocycles. The molecule has 0 saturated carbocycles. The Balaban J connectivity index is 0.00000218. The van der Waals surface area contributed by atoms with Crippen LogP contribution in [0.2, 0.25) is 0 Å². The van der Waals surface area contributed by atoms with E-state index in [0.29, 0.717) is 12.5 Å². The molecule has 2 aliphatic rings. The van der Waals surface area contributed by atoms with E-state index in [1.165, 1.54) is 0 Å². The molecule has 2 aliphatic heterocycles. The van der Waals surface area contributed by atoms with Gasteiger partial charge in [0.1, 0.15) is 24.0 Å². The van der Waals surface area contributed by atoms with Gasteiger partial charge in [-0.1, -0.05) is 19.1 Å². The largest absolute Gasteiger partial charge is 0.341 e. The Labute approximate surface area is 182 Å². The molecule has 0 unspecified atom stereocenters. The Morgan fingerprint density at radius 1 is 1.17 bits per heavy atom. The number of fused-ring (bicyclic) bond motifs is 2. The first-order valence-electron chi connectivity index (χ1n) is 10.6. The monoisotopic (exact) mass is 429 g/mol. The third kappa shape index (κ3) is 3.70. The molecule has 8 nitrogen and oxygen atoms in total. The minimum absolute atomic E-state index is 0. The van der Waals surface area contributed by atoms with E-state index in [2.05, 4.69) is 36.6 Å². The van der Waals surface area contributed by atoms with Crippen LogP contribution in [0.5, 0.6) is 0 Å². The Hall–Kier alpha value is -2.45. The highest BCUT2D eigenvalue weighted by atomic mass is 35.5. The molecule has 0 aliphatic carbocycles. The number of aromatic nitrogens is 5. The van der Waals surface area contributed by atoms with Crippen molar-refractivity contribution in [2.45, 2.75) is 51.7 Å². The van der Waals surface area contributed by atoms with Crippen LogP contribution in [0.4, 0.5) is 0 Å². The van der Waals surface area contributed by atoms with Crippen molar-refractivity contribution in [3.05, 3.63) is 41.7 Å². The number of likely N-dealkylation sites (tertiary alicyclic amines) is 1. The quantitative estimate of drug-likeness (QED) is 0.687. The van der Waals surface area contributed by atoms with Gasteiger partial charge in [0.2, 0.25) is 5.91 Å². The van der Waals surface area contributed by atoms with E-state index in [0.717, 1.165) is 80.5 Å². The number of para-hydroxylation sites is 2. The molecule has 4 heterocycles. The van der Waals surface area contributed by atoms with Gasteiger partial charge >= 0.3 is 0 Å². The molecule has 1 amide bonds. The zero-order valence-electron chi connectivity index (χ0n) is 17.3. The first kappa shape index (κ1) is 20.8. The summed E-state index contributed by atoms with van der Waals surface area (Å²) in [4.78, 5) is 19.7. The van der Waals surface area contributed by atoms with Crippen molar-refractivity contribution in [3.8, 4) is 0 Å². The number of nitrogens with one attached hydrogen (secondary N) is 1. The summed E-state index contributed by atoms with van der Waals surface area (Å²) < 4.78 is 4.34. The van der Waals surface area contributed by atoms with Crippen molar-refractivity contribution < 1.29 is 4.79 Å². The number of piperidine rings is 1. The molecule has 2 aromatic heterocycles. The molecule has 5 rings (SSSR count). The highest BCUT2D eigenvalue weighted by Gasteiger charge is 2.29. The standard InChI is InChI=1S/C21H27N7O.ClH/c1-2-18-23-16-5-3-4-6-17(16)28(18)14-20(29)26-10-7-15(8-11-26)21-25-24-19-13-22-9-12-27(19)21;/h3-6,15,22H,2,7-14H2,1H3;1H. The minimum Gasteiger partial charge on any atom is -0.341 e. The van der Waals surface area contributed by atoms with Crippen LogP contribution in [-0.4, -0.2) is 54.8 Å². The summed E-state index contributed by atoms with van der Waals surface area (Å²) >= 11 is 0. The van der Waals surface area contributed by atoms with Gasteiger partial charge in [-0.15, -0.1) is 22.6 Å². The number of benzene rings is 1. The second kappa shape index (κ2) is 8.73. The van der Waals surface area contributed by atoms with Gasteiger partial charge < -0.3 is 19.4 Å². The summed E-state index contributed by atoms with van der Waals surface area (Å²) in [5.74, 6) is 3.66. The molecule has 0 radical (unpaired) electrons. The summed E-state index contributed by atoms with van der Waals surface area (Å²) in [7, 11) is 0. The number of carbonyl (C=O) groups is 1. The molecule has 1 fully saturated rings. The van der Waals surface area contributed by atoms with Crippen molar-refractivity contribution >= 4 is 29.3 Å². The van der Waals surface area contributed by atoms with Crippen molar-refractivity contribution in [2.24, 2.45) is 0 Å². The van der Waals surface area contributed by atoms with Crippen molar-refractivity contribution in [2.75, 3.05) is 19.6 Å². The predicted octanol–water partition coefficient (Wildman–Crippen LogP) is 2.12. The zero-order valence-corrected chi connectivity index (χ0v) is 18.1. The molecule has 0 spiro atoms. The average Bonchev–Trinajstić information content (AvgIpc) is 3.35. The van der Waals surface area contributed by atoms with Crippen LogP contribution < -0.4 is 5.32 Å². The lowest BCUT2D eigenvalue weighted by Crippen LogP contribution is -2.40. The molecule has 1 saturated heterocycles. The van der Waals surface area contributed by atoms with Crippen LogP contribution in [0.25, 0.3) is 11.0 Å². The first-order valence-corrected chi connectivity index (χ1v) is 10.6. The second-order valence-corrected chi connectivity index (χ2v) is 7.91. The maximum atomic E-state index is 13.0. The molecule has 0 atom stereocenters. The van der Waals surface area contributed by atoms with Crippen molar-refractivity contribution in [1.82, 2.24) is 34.5 Å². The lowest BCUT2D eigenvalue weighted by atomic mass is 9.95. The van der Waals surface area contributed by atoms with Gasteiger partial charge in [0.15, 0.2) is 0 Å². The van der Waals surface area contributed by atoms with Crippen LogP contribution in [0, 0.1) is 0 Å². The lowest BCUT2D eigenvalue weighted by molar-refractivity contribution is -0.132. The summed E-state index contributed by atoms with van der Waals surface area (Å²) in [5.41, 5.74) is 2.00. The van der Waals surface area contributed by atoms with Gasteiger partial charge in [-0.3, -0.25) is 4.79 Å². The number of rotatable bonds is 4. The Bertz CT molecular complexity index is 1040. The van der Waals surface area contributed by atoms with Gasteiger partial charge in [-0.25, -0.2) is 4.98 Å². The van der Waals surface area contributed by atoms with Crippen LogP contribution in [-0.2, 0) is 30.8 Å². The van der Waals surface area contributed by atoms with Gasteiger partial charge in [0.25, 0.3) is 0 Å². The Morgan fingerprint density at radius 2 is 1.97 bits per heavy atom. The van der Waals surface area contributed by atoms with Gasteiger partial charge in [0, 0.05) is 38.5 Å². The van der Waals surface area contributed by atoms with E-state index in [1.54, 1.807) is 0 Å². The van der Waals surface area contributed by atoms with E-state index >= 15 is 0 Å². The summed E-state index contributed by atoms with van der Waals surface area (Å²) in [5, 5.41) is 12.1. The number of hydrogen-bond donors (Lipinski definition) is 1. The predicted molar refractivity (Wildman–Crippen MR) is 117 cm³/mol. The van der Waals surface area contributed by atoms with Gasteiger partial charge in [-0.05, 0) is 25.0 Å². The first-order chi connectivity index (χ1) is 14.2. The SMILES string of the molecule is CCc1nc2ccccc2n1CC(=O)N1CCC(c2nnc3n2CCNC3)CC1.Cl. The highest BCUT2D eigenvalue weighted by molar-refractivity contribution is 5.85. The Kier molecular flexibility index (Phi) is 6.06. The molecular formula is C21H28ClN7O. The minimum atomic E-state index is 0. The van der Waals surface area contributed by atoms with Gasteiger partial charge in [-0.2, -0.15) is 0 Å². The maximum Gasteiger partial charge on any atom is 0.242 e. The fraction of sp³-hybridized carbons (Fsp3) is 0.524. The smallest absolute Gasteiger partial charge is 0.242 e. The third-order valence-corrected chi connectivity index (χ3v) is 6.21. The van der Waals surface area contributed by atoms with Crippen molar-refractivity contribution in [3.63, 3.8) is 0 Å². The fourth-order valence-electron chi connectivity index (χ4n) is 4.61. The van der Waals surface area contributed by atoms with Crippen LogP contribution in [0.1, 0.15) is 43.2 Å². The van der Waals surface area contributed by atoms with Gasteiger partial charge in [0.05, 0.1) is 17.6 Å². The molecule has 9 heteroatoms. The van der Waals surface area contributed by atoms with Crippen molar-refractivity contribution in [1.29, 1.82) is 0 Å². The number of hydrogen-bond acceptors (Lipinski definition) is 5. The van der Waals surface area contributed by atoms with Crippen LogP contribution in [0.15, 0.2) is 24.3 Å². The Morgan fingerprint density at radius 3 is 2.77 bits per heavy atom. The molecule has 160 valence electrons. The molecule has 30 heavy (non-hydrogen) atoms. The molecule has 0 bridgehead atoms. The van der Waals surface area contributed by atoms with E-state index in [1.807, 2.05) is 29.2 Å². The van der Waals surface area contributed by atoms with Crippen LogP contribution >= 0.6 is 12.4 Å². The number of aryl methyl sites for hydroxylation is 1. The van der Waals surface area contributed by atoms with E-state index in [4.69, 9.17) is 0 Å². The number of imidazole rings is 1. The molecular weight excluding hydrogens is 402 g/mol. The summed E-state index contributed by atoms with van der Waals surface area (Å²) in [6.07, 6.45) is 2.71. The fourth-order valence-corrected chi connectivity index (χ4v) is 4.61. The van der Waals surface area contributed by atoms with Crippen LogP contribution in [0.3, 0.4) is 0 Å². The van der Waals surface area contributed by atoms with E-state index in [9.17, 15) is 4.79 Å². The molecule has 1 N–H and O–H groups in total.